The van der Waals surface area contributed by atoms with Crippen LogP contribution in [0, 0.1) is 6.92 Å². The second-order valence-corrected chi connectivity index (χ2v) is 5.37. The van der Waals surface area contributed by atoms with Gasteiger partial charge >= 0.3 is 5.69 Å². The second kappa shape index (κ2) is 5.31. The van der Waals surface area contributed by atoms with E-state index in [0.29, 0.717) is 5.56 Å². The number of nitrogens with zero attached hydrogens (tertiary/aromatic N) is 1. The zero-order valence-corrected chi connectivity index (χ0v) is 12.4. The number of carbonyl (C=O) groups excluding carboxylic acids is 1. The van der Waals surface area contributed by atoms with E-state index in [0.717, 1.165) is 21.2 Å². The van der Waals surface area contributed by atoms with Crippen LogP contribution in [0.2, 0.25) is 5.02 Å². The van der Waals surface area contributed by atoms with Gasteiger partial charge in [-0.1, -0.05) is 29.8 Å². The van der Waals surface area contributed by atoms with E-state index < -0.39 is 11.2 Å². The number of ketones is 1. The van der Waals surface area contributed by atoms with Gasteiger partial charge in [0, 0.05) is 28.4 Å². The summed E-state index contributed by atoms with van der Waals surface area (Å²) < 4.78 is 1.09. The molecule has 3 rings (SSSR count). The number of H-pyrrole nitrogens is 2. The summed E-state index contributed by atoms with van der Waals surface area (Å²) in [6.45, 7) is 1.61. The summed E-state index contributed by atoms with van der Waals surface area (Å²) in [7, 11) is 0. The van der Waals surface area contributed by atoms with Crippen LogP contribution < -0.4 is 11.2 Å². The quantitative estimate of drug-likeness (QED) is 0.723. The lowest BCUT2D eigenvalue weighted by Crippen LogP contribution is -2.31. The smallest absolute Gasteiger partial charge is 0.328 e. The van der Waals surface area contributed by atoms with Crippen molar-refractivity contribution < 1.29 is 4.79 Å². The van der Waals surface area contributed by atoms with E-state index in [1.165, 1.54) is 6.20 Å². The SMILES string of the molecule is Cc1[nH]c2ccccc2c1C(=O)Cn1cc(Cl)c(=O)[nH]c1=O. The van der Waals surface area contributed by atoms with Gasteiger partial charge in [0.2, 0.25) is 0 Å². The molecule has 1 aromatic carbocycles. The van der Waals surface area contributed by atoms with Gasteiger partial charge < -0.3 is 4.98 Å². The minimum absolute atomic E-state index is 0.136. The number of fused-ring (bicyclic) bond motifs is 1. The third kappa shape index (κ3) is 2.37. The minimum atomic E-state index is -0.668. The molecule has 0 spiro atoms. The molecule has 6 nitrogen and oxygen atoms in total. The molecular weight excluding hydrogens is 306 g/mol. The summed E-state index contributed by atoms with van der Waals surface area (Å²) in [5.41, 5.74) is 0.786. The summed E-state index contributed by atoms with van der Waals surface area (Å²) in [6, 6.07) is 7.44. The Bertz CT molecular complexity index is 997. The Labute approximate surface area is 129 Å². The van der Waals surface area contributed by atoms with Crippen LogP contribution in [0.1, 0.15) is 16.1 Å². The average Bonchev–Trinajstić information content (AvgIpc) is 2.80. The lowest BCUT2D eigenvalue weighted by molar-refractivity contribution is 0.0971. The summed E-state index contributed by atoms with van der Waals surface area (Å²) >= 11 is 5.70. The molecule has 0 atom stereocenters. The number of rotatable bonds is 3. The fourth-order valence-corrected chi connectivity index (χ4v) is 2.63. The molecule has 0 unspecified atom stereocenters. The van der Waals surface area contributed by atoms with Gasteiger partial charge in [0.05, 0.1) is 6.54 Å². The van der Waals surface area contributed by atoms with Gasteiger partial charge in [-0.25, -0.2) is 4.79 Å². The molecule has 2 heterocycles. The number of aromatic amines is 2. The Hall–Kier alpha value is -2.60. The largest absolute Gasteiger partial charge is 0.358 e. The van der Waals surface area contributed by atoms with E-state index >= 15 is 0 Å². The first kappa shape index (κ1) is 14.3. The number of aromatic nitrogens is 3. The topological polar surface area (TPSA) is 87.7 Å². The molecular formula is C15H12ClN3O3. The Kier molecular flexibility index (Phi) is 3.46. The van der Waals surface area contributed by atoms with E-state index in [2.05, 4.69) is 9.97 Å². The molecule has 22 heavy (non-hydrogen) atoms. The normalized spacial score (nSPS) is 11.0. The van der Waals surface area contributed by atoms with Crippen LogP contribution in [-0.4, -0.2) is 20.3 Å². The van der Waals surface area contributed by atoms with Gasteiger partial charge in [-0.3, -0.25) is 19.1 Å². The Morgan fingerprint density at radius 2 is 1.95 bits per heavy atom. The van der Waals surface area contributed by atoms with Crippen molar-refractivity contribution in [2.24, 2.45) is 0 Å². The van der Waals surface area contributed by atoms with Crippen LogP contribution in [0.25, 0.3) is 10.9 Å². The third-order valence-electron chi connectivity index (χ3n) is 3.45. The maximum absolute atomic E-state index is 12.5. The lowest BCUT2D eigenvalue weighted by atomic mass is 10.1. The first-order valence-electron chi connectivity index (χ1n) is 6.57. The predicted molar refractivity (Wildman–Crippen MR) is 83.7 cm³/mol. The zero-order valence-electron chi connectivity index (χ0n) is 11.6. The first-order chi connectivity index (χ1) is 10.5. The third-order valence-corrected chi connectivity index (χ3v) is 3.72. The summed E-state index contributed by atoms with van der Waals surface area (Å²) in [5.74, 6) is -0.236. The van der Waals surface area contributed by atoms with Crippen molar-refractivity contribution in [3.8, 4) is 0 Å². The molecule has 3 aromatic rings. The van der Waals surface area contributed by atoms with Crippen LogP contribution in [0.15, 0.2) is 40.1 Å². The molecule has 112 valence electrons. The van der Waals surface area contributed by atoms with Crippen molar-refractivity contribution >= 4 is 28.3 Å². The molecule has 0 bridgehead atoms. The molecule has 0 aliphatic heterocycles. The van der Waals surface area contributed by atoms with Crippen molar-refractivity contribution in [3.05, 3.63) is 67.6 Å². The van der Waals surface area contributed by atoms with Gasteiger partial charge in [0.25, 0.3) is 5.56 Å². The zero-order chi connectivity index (χ0) is 15.9. The van der Waals surface area contributed by atoms with Gasteiger partial charge in [-0.15, -0.1) is 0 Å². The summed E-state index contributed by atoms with van der Waals surface area (Å²) in [6.07, 6.45) is 1.17. The molecule has 0 amide bonds. The summed E-state index contributed by atoms with van der Waals surface area (Å²) in [4.78, 5) is 40.7. The molecule has 7 heteroatoms. The molecule has 0 aliphatic rings. The number of benzene rings is 1. The van der Waals surface area contributed by atoms with Crippen molar-refractivity contribution in [2.45, 2.75) is 13.5 Å². The van der Waals surface area contributed by atoms with Crippen LogP contribution in [0.5, 0.6) is 0 Å². The number of para-hydroxylation sites is 1. The number of halogens is 1. The first-order valence-corrected chi connectivity index (χ1v) is 6.95. The van der Waals surface area contributed by atoms with E-state index in [1.807, 2.05) is 24.3 Å². The van der Waals surface area contributed by atoms with E-state index in [-0.39, 0.29) is 17.4 Å². The fourth-order valence-electron chi connectivity index (χ4n) is 2.47. The van der Waals surface area contributed by atoms with Crippen LogP contribution in [0.4, 0.5) is 0 Å². The van der Waals surface area contributed by atoms with Gasteiger partial charge in [-0.05, 0) is 13.0 Å². The monoisotopic (exact) mass is 317 g/mol. The highest BCUT2D eigenvalue weighted by Gasteiger charge is 2.17. The van der Waals surface area contributed by atoms with E-state index in [4.69, 9.17) is 11.6 Å². The highest BCUT2D eigenvalue weighted by atomic mass is 35.5. The number of Topliss-reactive ketones (excluding diaryl/α,β-unsaturated/α-hetero) is 1. The Balaban J connectivity index is 2.04. The molecule has 0 aliphatic carbocycles. The number of nitrogens with one attached hydrogen (secondary N) is 2. The van der Waals surface area contributed by atoms with E-state index in [1.54, 1.807) is 6.92 Å². The highest BCUT2D eigenvalue weighted by molar-refractivity contribution is 6.30. The maximum Gasteiger partial charge on any atom is 0.328 e. The van der Waals surface area contributed by atoms with Crippen LogP contribution in [0.3, 0.4) is 0 Å². The van der Waals surface area contributed by atoms with Crippen molar-refractivity contribution in [3.63, 3.8) is 0 Å². The highest BCUT2D eigenvalue weighted by Crippen LogP contribution is 2.22. The van der Waals surface area contributed by atoms with Crippen LogP contribution in [-0.2, 0) is 6.54 Å². The van der Waals surface area contributed by atoms with E-state index in [9.17, 15) is 14.4 Å². The van der Waals surface area contributed by atoms with Crippen molar-refractivity contribution in [2.75, 3.05) is 0 Å². The number of hydrogen-bond acceptors (Lipinski definition) is 3. The number of carbonyl (C=O) groups is 1. The van der Waals surface area contributed by atoms with Gasteiger partial charge in [-0.2, -0.15) is 0 Å². The van der Waals surface area contributed by atoms with Gasteiger partial charge in [0.1, 0.15) is 5.02 Å². The Morgan fingerprint density at radius 3 is 2.73 bits per heavy atom. The number of hydrogen-bond donors (Lipinski definition) is 2. The van der Waals surface area contributed by atoms with Crippen molar-refractivity contribution in [1.82, 2.24) is 14.5 Å². The molecule has 0 saturated carbocycles. The molecule has 2 aromatic heterocycles. The fraction of sp³-hybridized carbons (Fsp3) is 0.133. The molecule has 2 N–H and O–H groups in total. The second-order valence-electron chi connectivity index (χ2n) is 4.96. The van der Waals surface area contributed by atoms with Crippen LogP contribution >= 0.6 is 11.6 Å². The maximum atomic E-state index is 12.5. The number of aryl methyl sites for hydroxylation is 1. The van der Waals surface area contributed by atoms with Gasteiger partial charge in [0.15, 0.2) is 5.78 Å². The minimum Gasteiger partial charge on any atom is -0.358 e. The Morgan fingerprint density at radius 1 is 1.23 bits per heavy atom. The average molecular weight is 318 g/mol. The molecule has 0 radical (unpaired) electrons. The predicted octanol–water partition coefficient (Wildman–Crippen LogP) is 1.86. The standard InChI is InChI=1S/C15H12ClN3O3/c1-8-13(9-4-2-3-5-11(9)17-8)12(20)7-19-6-10(16)14(21)18-15(19)22/h2-6,17H,7H2,1H3,(H,18,21,22). The molecule has 0 fully saturated rings. The molecule has 0 saturated heterocycles. The summed E-state index contributed by atoms with van der Waals surface area (Å²) in [5, 5.41) is 0.664. The van der Waals surface area contributed by atoms with Crippen molar-refractivity contribution in [1.29, 1.82) is 0 Å². The lowest BCUT2D eigenvalue weighted by Gasteiger charge is -2.05.